The zero-order valence-electron chi connectivity index (χ0n) is 8.80. The fraction of sp³-hybridized carbons (Fsp3) is 0.667. The van der Waals surface area contributed by atoms with Crippen molar-refractivity contribution in [1.82, 2.24) is 10.3 Å². The van der Waals surface area contributed by atoms with Crippen LogP contribution in [0.3, 0.4) is 0 Å². The van der Waals surface area contributed by atoms with Crippen LogP contribution in [0.5, 0.6) is 0 Å². The molecule has 0 aliphatic carbocycles. The van der Waals surface area contributed by atoms with E-state index in [0.29, 0.717) is 23.7 Å². The van der Waals surface area contributed by atoms with Gasteiger partial charge in [0.25, 0.3) is 0 Å². The van der Waals surface area contributed by atoms with Crippen molar-refractivity contribution in [1.29, 1.82) is 0 Å². The highest BCUT2D eigenvalue weighted by molar-refractivity contribution is 5.73. The second-order valence-corrected chi connectivity index (χ2v) is 3.90. The monoisotopic (exact) mass is 213 g/mol. The van der Waals surface area contributed by atoms with Crippen LogP contribution < -0.4 is 5.73 Å². The predicted molar refractivity (Wildman–Crippen MR) is 52.2 cm³/mol. The number of aliphatic carboxylic acids is 1. The Bertz CT molecular complexity index is 335. The summed E-state index contributed by atoms with van der Waals surface area (Å²) in [6, 6.07) is -0.956. The van der Waals surface area contributed by atoms with Gasteiger partial charge in [0.2, 0.25) is 0 Å². The Balaban J connectivity index is 2.68. The van der Waals surface area contributed by atoms with E-state index in [1.54, 1.807) is 0 Å². The van der Waals surface area contributed by atoms with E-state index in [1.807, 2.05) is 13.8 Å². The number of hydrogen-bond donors (Lipinski definition) is 2. The van der Waals surface area contributed by atoms with Crippen molar-refractivity contribution in [3.63, 3.8) is 0 Å². The lowest BCUT2D eigenvalue weighted by Crippen LogP contribution is -2.32. The molecule has 0 saturated carbocycles. The summed E-state index contributed by atoms with van der Waals surface area (Å²) in [5.41, 5.74) is 6.63. The molecule has 0 aromatic carbocycles. The average molecular weight is 213 g/mol. The Morgan fingerprint density at radius 2 is 1.93 bits per heavy atom. The molecule has 1 unspecified atom stereocenters. The van der Waals surface area contributed by atoms with E-state index in [9.17, 15) is 4.79 Å². The van der Waals surface area contributed by atoms with E-state index in [0.717, 1.165) is 0 Å². The summed E-state index contributed by atoms with van der Waals surface area (Å²) in [4.78, 5) is 10.6. The number of carbonyl (C=O) groups is 1. The number of carboxylic acid groups (broad SMARTS) is 1. The largest absolute Gasteiger partial charge is 0.480 e. The van der Waals surface area contributed by atoms with Crippen LogP contribution >= 0.6 is 0 Å². The van der Waals surface area contributed by atoms with Crippen molar-refractivity contribution in [3.05, 3.63) is 11.4 Å². The first-order valence-corrected chi connectivity index (χ1v) is 4.79. The molecule has 0 amide bonds. The predicted octanol–water partition coefficient (Wildman–Crippen LogP) is 0.223. The van der Waals surface area contributed by atoms with E-state index in [-0.39, 0.29) is 6.42 Å². The topological polar surface area (TPSA) is 102 Å². The van der Waals surface area contributed by atoms with Crippen molar-refractivity contribution < 1.29 is 14.5 Å². The quantitative estimate of drug-likeness (QED) is 0.725. The summed E-state index contributed by atoms with van der Waals surface area (Å²) in [6.45, 7) is 4.07. The van der Waals surface area contributed by atoms with Gasteiger partial charge in [-0.1, -0.05) is 24.2 Å². The molecule has 1 aromatic heterocycles. The summed E-state index contributed by atoms with van der Waals surface area (Å²) in [5, 5.41) is 16.0. The van der Waals surface area contributed by atoms with Crippen molar-refractivity contribution in [2.45, 2.75) is 32.7 Å². The third-order valence-electron chi connectivity index (χ3n) is 1.97. The maximum Gasteiger partial charge on any atom is 0.320 e. The highest BCUT2D eigenvalue weighted by Crippen LogP contribution is 2.11. The van der Waals surface area contributed by atoms with Crippen molar-refractivity contribution in [2.24, 2.45) is 11.7 Å². The van der Waals surface area contributed by atoms with Gasteiger partial charge in [0, 0.05) is 6.42 Å². The van der Waals surface area contributed by atoms with Gasteiger partial charge >= 0.3 is 5.97 Å². The Morgan fingerprint density at radius 1 is 1.40 bits per heavy atom. The lowest BCUT2D eigenvalue weighted by atomic mass is 10.0. The Labute approximate surface area is 87.4 Å². The molecular weight excluding hydrogens is 198 g/mol. The summed E-state index contributed by atoms with van der Waals surface area (Å²) in [7, 11) is 0. The molecular formula is C9H15N3O3. The lowest BCUT2D eigenvalue weighted by Gasteiger charge is -2.05. The molecule has 0 bridgehead atoms. The first-order chi connectivity index (χ1) is 7.00. The molecule has 1 atom stereocenters. The number of nitrogens with two attached hydrogens (primary N) is 1. The van der Waals surface area contributed by atoms with Crippen LogP contribution in [0.1, 0.15) is 25.2 Å². The number of hydrogen-bond acceptors (Lipinski definition) is 5. The molecule has 0 radical (unpaired) electrons. The van der Waals surface area contributed by atoms with E-state index < -0.39 is 12.0 Å². The molecule has 6 heteroatoms. The molecule has 15 heavy (non-hydrogen) atoms. The molecule has 0 fully saturated rings. The Kier molecular flexibility index (Phi) is 3.79. The molecule has 1 rings (SSSR count). The van der Waals surface area contributed by atoms with Gasteiger partial charge < -0.3 is 10.8 Å². The fourth-order valence-electron chi connectivity index (χ4n) is 1.22. The second kappa shape index (κ2) is 4.88. The van der Waals surface area contributed by atoms with Crippen LogP contribution in [0.2, 0.25) is 0 Å². The van der Waals surface area contributed by atoms with Gasteiger partial charge in [0.05, 0.1) is 0 Å². The molecule has 6 nitrogen and oxygen atoms in total. The number of rotatable bonds is 5. The van der Waals surface area contributed by atoms with Crippen molar-refractivity contribution >= 4 is 5.97 Å². The normalized spacial score (nSPS) is 13.1. The standard InChI is InChI=1S/C9H15N3O3/c1-5(2)3-7-8(12-15-11-7)4-6(10)9(13)14/h5-6H,3-4,10H2,1-2H3,(H,13,14). The zero-order valence-corrected chi connectivity index (χ0v) is 8.80. The van der Waals surface area contributed by atoms with Crippen LogP contribution in [0.25, 0.3) is 0 Å². The SMILES string of the molecule is CC(C)Cc1nonc1CC(N)C(=O)O. The summed E-state index contributed by atoms with van der Waals surface area (Å²) in [5.74, 6) is -0.634. The minimum absolute atomic E-state index is 0.154. The Morgan fingerprint density at radius 3 is 2.40 bits per heavy atom. The van der Waals surface area contributed by atoms with Crippen molar-refractivity contribution in [3.8, 4) is 0 Å². The Hall–Kier alpha value is -1.43. The second-order valence-electron chi connectivity index (χ2n) is 3.90. The van der Waals surface area contributed by atoms with Crippen LogP contribution in [-0.4, -0.2) is 27.4 Å². The van der Waals surface area contributed by atoms with Gasteiger partial charge in [-0.15, -0.1) is 0 Å². The minimum atomic E-state index is -1.05. The maximum atomic E-state index is 10.6. The summed E-state index contributed by atoms with van der Waals surface area (Å²) in [6.07, 6.45) is 0.867. The number of aromatic nitrogens is 2. The third kappa shape index (κ3) is 3.32. The molecule has 3 N–H and O–H groups in total. The minimum Gasteiger partial charge on any atom is -0.480 e. The number of carboxylic acids is 1. The molecule has 0 aliphatic heterocycles. The first kappa shape index (κ1) is 11.6. The van der Waals surface area contributed by atoms with Crippen LogP contribution in [0, 0.1) is 5.92 Å². The van der Waals surface area contributed by atoms with Gasteiger partial charge in [-0.3, -0.25) is 4.79 Å². The van der Waals surface area contributed by atoms with Gasteiger partial charge in [-0.2, -0.15) is 0 Å². The molecule has 84 valence electrons. The number of nitrogens with zero attached hydrogens (tertiary/aromatic N) is 2. The molecule has 0 aliphatic rings. The van der Waals surface area contributed by atoms with Gasteiger partial charge in [0.1, 0.15) is 17.4 Å². The average Bonchev–Trinajstić information content (AvgIpc) is 2.51. The maximum absolute atomic E-state index is 10.6. The highest BCUT2D eigenvalue weighted by atomic mass is 16.6. The highest BCUT2D eigenvalue weighted by Gasteiger charge is 2.18. The third-order valence-corrected chi connectivity index (χ3v) is 1.97. The molecule has 0 spiro atoms. The van der Waals surface area contributed by atoms with Crippen LogP contribution in [0.4, 0.5) is 0 Å². The fourth-order valence-corrected chi connectivity index (χ4v) is 1.22. The van der Waals surface area contributed by atoms with Crippen molar-refractivity contribution in [2.75, 3.05) is 0 Å². The first-order valence-electron chi connectivity index (χ1n) is 4.79. The van der Waals surface area contributed by atoms with E-state index in [2.05, 4.69) is 14.9 Å². The lowest BCUT2D eigenvalue weighted by molar-refractivity contribution is -0.138. The van der Waals surface area contributed by atoms with E-state index >= 15 is 0 Å². The van der Waals surface area contributed by atoms with E-state index in [4.69, 9.17) is 10.8 Å². The van der Waals surface area contributed by atoms with E-state index in [1.165, 1.54) is 0 Å². The smallest absolute Gasteiger partial charge is 0.320 e. The van der Waals surface area contributed by atoms with Crippen LogP contribution in [0.15, 0.2) is 4.63 Å². The van der Waals surface area contributed by atoms with Gasteiger partial charge in [-0.25, -0.2) is 4.63 Å². The molecule has 1 heterocycles. The molecule has 0 saturated heterocycles. The van der Waals surface area contributed by atoms with Gasteiger partial charge in [-0.05, 0) is 12.3 Å². The zero-order chi connectivity index (χ0) is 11.4. The summed E-state index contributed by atoms with van der Waals surface area (Å²) < 4.78 is 4.58. The van der Waals surface area contributed by atoms with Gasteiger partial charge in [0.15, 0.2) is 0 Å². The summed E-state index contributed by atoms with van der Waals surface area (Å²) >= 11 is 0. The van der Waals surface area contributed by atoms with Crippen LogP contribution in [-0.2, 0) is 17.6 Å². The molecule has 1 aromatic rings.